The molecule has 0 amide bonds. The van der Waals surface area contributed by atoms with Crippen molar-refractivity contribution in [3.05, 3.63) is 35.9 Å². The second-order valence-electron chi connectivity index (χ2n) is 8.21. The maximum Gasteiger partial charge on any atom is 0.116 e. The number of ether oxygens (including phenoxy) is 1. The molecule has 4 rings (SSSR count). The highest BCUT2D eigenvalue weighted by Crippen LogP contribution is 2.49. The molecule has 3 aliphatic rings. The van der Waals surface area contributed by atoms with Crippen LogP contribution in [0.15, 0.2) is 30.3 Å². The SMILES string of the molecule is CN(Cc1ccccc1)C1OCCC12CCC(N1CCCC1)CC2. The van der Waals surface area contributed by atoms with Crippen molar-refractivity contribution in [2.45, 2.75) is 63.8 Å². The van der Waals surface area contributed by atoms with E-state index in [1.807, 2.05) is 0 Å². The Bertz CT molecular complexity index is 518. The molecule has 1 saturated carbocycles. The van der Waals surface area contributed by atoms with Gasteiger partial charge in [0.05, 0.1) is 0 Å². The summed E-state index contributed by atoms with van der Waals surface area (Å²) in [5.41, 5.74) is 1.79. The Hall–Kier alpha value is -0.900. The summed E-state index contributed by atoms with van der Waals surface area (Å²) in [6.45, 7) is 4.61. The molecule has 1 atom stereocenters. The lowest BCUT2D eigenvalue weighted by molar-refractivity contribution is -0.0849. The number of likely N-dealkylation sites (tertiary alicyclic amines) is 1. The lowest BCUT2D eigenvalue weighted by Crippen LogP contribution is -2.48. The minimum atomic E-state index is 0.303. The third-order valence-corrected chi connectivity index (χ3v) is 6.68. The summed E-state index contributed by atoms with van der Waals surface area (Å²) in [6.07, 6.45) is 9.81. The molecule has 2 heterocycles. The molecule has 132 valence electrons. The lowest BCUT2D eigenvalue weighted by Gasteiger charge is -2.45. The second-order valence-corrected chi connectivity index (χ2v) is 8.21. The zero-order valence-electron chi connectivity index (χ0n) is 15.1. The predicted octanol–water partition coefficient (Wildman–Crippen LogP) is 3.89. The smallest absolute Gasteiger partial charge is 0.116 e. The van der Waals surface area contributed by atoms with Gasteiger partial charge in [-0.2, -0.15) is 0 Å². The number of nitrogens with zero attached hydrogens (tertiary/aromatic N) is 2. The summed E-state index contributed by atoms with van der Waals surface area (Å²) in [7, 11) is 2.25. The molecular formula is C21H32N2O. The van der Waals surface area contributed by atoms with Crippen LogP contribution in [0.4, 0.5) is 0 Å². The Kier molecular flexibility index (Phi) is 4.93. The first-order valence-corrected chi connectivity index (χ1v) is 9.87. The van der Waals surface area contributed by atoms with E-state index in [4.69, 9.17) is 4.74 Å². The molecule has 1 aliphatic carbocycles. The average Bonchev–Trinajstić information content (AvgIpc) is 3.27. The van der Waals surface area contributed by atoms with E-state index in [9.17, 15) is 0 Å². The van der Waals surface area contributed by atoms with Gasteiger partial charge in [0.2, 0.25) is 0 Å². The Balaban J connectivity index is 1.39. The lowest BCUT2D eigenvalue weighted by atomic mass is 9.69. The fourth-order valence-electron chi connectivity index (χ4n) is 5.37. The molecule has 1 unspecified atom stereocenters. The Morgan fingerprint density at radius 2 is 1.79 bits per heavy atom. The third-order valence-electron chi connectivity index (χ3n) is 6.68. The molecule has 0 aromatic heterocycles. The molecule has 24 heavy (non-hydrogen) atoms. The highest BCUT2D eigenvalue weighted by atomic mass is 16.5. The maximum absolute atomic E-state index is 6.25. The summed E-state index contributed by atoms with van der Waals surface area (Å²) >= 11 is 0. The van der Waals surface area contributed by atoms with Gasteiger partial charge in [-0.1, -0.05) is 30.3 Å². The molecule has 1 aromatic carbocycles. The van der Waals surface area contributed by atoms with Crippen LogP contribution in [0.2, 0.25) is 0 Å². The Morgan fingerprint density at radius 1 is 1.08 bits per heavy atom. The number of hydrogen-bond donors (Lipinski definition) is 0. The molecule has 1 spiro atoms. The number of rotatable bonds is 4. The van der Waals surface area contributed by atoms with Crippen LogP contribution in [0, 0.1) is 5.41 Å². The summed E-state index contributed by atoms with van der Waals surface area (Å²) in [4.78, 5) is 5.21. The van der Waals surface area contributed by atoms with Gasteiger partial charge in [0, 0.05) is 24.6 Å². The van der Waals surface area contributed by atoms with E-state index in [1.54, 1.807) is 0 Å². The van der Waals surface area contributed by atoms with E-state index in [-0.39, 0.29) is 0 Å². The highest BCUT2D eigenvalue weighted by molar-refractivity contribution is 5.14. The average molecular weight is 329 g/mol. The van der Waals surface area contributed by atoms with E-state index >= 15 is 0 Å². The molecule has 2 aliphatic heterocycles. The zero-order valence-corrected chi connectivity index (χ0v) is 15.1. The Morgan fingerprint density at radius 3 is 2.50 bits per heavy atom. The van der Waals surface area contributed by atoms with Gasteiger partial charge < -0.3 is 9.64 Å². The molecule has 1 aromatic rings. The molecular weight excluding hydrogens is 296 g/mol. The van der Waals surface area contributed by atoms with Crippen molar-refractivity contribution >= 4 is 0 Å². The summed E-state index contributed by atoms with van der Waals surface area (Å²) in [5.74, 6) is 0. The van der Waals surface area contributed by atoms with Gasteiger partial charge in [0.1, 0.15) is 6.23 Å². The van der Waals surface area contributed by atoms with Crippen molar-refractivity contribution in [2.75, 3.05) is 26.7 Å². The first-order chi connectivity index (χ1) is 11.8. The molecule has 0 bridgehead atoms. The van der Waals surface area contributed by atoms with E-state index in [0.717, 1.165) is 19.2 Å². The van der Waals surface area contributed by atoms with Crippen molar-refractivity contribution in [3.63, 3.8) is 0 Å². The third kappa shape index (κ3) is 3.26. The zero-order chi connectivity index (χ0) is 16.4. The van der Waals surface area contributed by atoms with Crippen molar-refractivity contribution < 1.29 is 4.74 Å². The van der Waals surface area contributed by atoms with E-state index in [2.05, 4.69) is 47.2 Å². The Labute approximate surface area is 147 Å². The van der Waals surface area contributed by atoms with Crippen LogP contribution < -0.4 is 0 Å². The number of benzene rings is 1. The van der Waals surface area contributed by atoms with Crippen LogP contribution in [0.5, 0.6) is 0 Å². The van der Waals surface area contributed by atoms with Gasteiger partial charge in [-0.3, -0.25) is 4.90 Å². The van der Waals surface area contributed by atoms with Gasteiger partial charge in [0.25, 0.3) is 0 Å². The fourth-order valence-corrected chi connectivity index (χ4v) is 5.37. The van der Waals surface area contributed by atoms with Gasteiger partial charge in [-0.15, -0.1) is 0 Å². The van der Waals surface area contributed by atoms with Crippen molar-refractivity contribution in [3.8, 4) is 0 Å². The monoisotopic (exact) mass is 328 g/mol. The second kappa shape index (κ2) is 7.15. The summed E-state index contributed by atoms with van der Waals surface area (Å²) in [5, 5.41) is 0. The molecule has 0 N–H and O–H groups in total. The fraction of sp³-hybridized carbons (Fsp3) is 0.714. The van der Waals surface area contributed by atoms with Crippen LogP contribution in [0.25, 0.3) is 0 Å². The van der Waals surface area contributed by atoms with Crippen LogP contribution in [-0.4, -0.2) is 48.8 Å². The normalized spacial score (nSPS) is 34.4. The highest BCUT2D eigenvalue weighted by Gasteiger charge is 2.48. The van der Waals surface area contributed by atoms with E-state index in [1.165, 1.54) is 63.6 Å². The molecule has 3 heteroatoms. The van der Waals surface area contributed by atoms with Crippen molar-refractivity contribution in [1.29, 1.82) is 0 Å². The summed E-state index contributed by atoms with van der Waals surface area (Å²) in [6, 6.07) is 11.7. The molecule has 2 saturated heterocycles. The van der Waals surface area contributed by atoms with Crippen LogP contribution in [0.3, 0.4) is 0 Å². The largest absolute Gasteiger partial charge is 0.363 e. The molecule has 3 nitrogen and oxygen atoms in total. The summed E-state index contributed by atoms with van der Waals surface area (Å²) < 4.78 is 6.25. The predicted molar refractivity (Wildman–Crippen MR) is 97.8 cm³/mol. The maximum atomic E-state index is 6.25. The standard InChI is InChI=1S/C21H32N2O/c1-22(17-18-7-3-2-4-8-18)20-21(13-16-24-20)11-9-19(10-12-21)23-14-5-6-15-23/h2-4,7-8,19-20H,5-6,9-17H2,1H3. The molecule has 0 radical (unpaired) electrons. The van der Waals surface area contributed by atoms with Crippen LogP contribution in [-0.2, 0) is 11.3 Å². The van der Waals surface area contributed by atoms with Gasteiger partial charge >= 0.3 is 0 Å². The van der Waals surface area contributed by atoms with Crippen molar-refractivity contribution in [2.24, 2.45) is 5.41 Å². The topological polar surface area (TPSA) is 15.7 Å². The first-order valence-electron chi connectivity index (χ1n) is 9.87. The van der Waals surface area contributed by atoms with E-state index < -0.39 is 0 Å². The van der Waals surface area contributed by atoms with Gasteiger partial charge in [-0.05, 0) is 70.6 Å². The first kappa shape index (κ1) is 16.6. The van der Waals surface area contributed by atoms with Crippen molar-refractivity contribution in [1.82, 2.24) is 9.80 Å². The van der Waals surface area contributed by atoms with Gasteiger partial charge in [-0.25, -0.2) is 0 Å². The quantitative estimate of drug-likeness (QED) is 0.834. The van der Waals surface area contributed by atoms with Gasteiger partial charge in [0.15, 0.2) is 0 Å². The molecule has 3 fully saturated rings. The minimum absolute atomic E-state index is 0.303. The van der Waals surface area contributed by atoms with Crippen LogP contribution >= 0.6 is 0 Å². The van der Waals surface area contributed by atoms with Crippen LogP contribution in [0.1, 0.15) is 50.5 Å². The minimum Gasteiger partial charge on any atom is -0.363 e. The number of hydrogen-bond acceptors (Lipinski definition) is 3. The van der Waals surface area contributed by atoms with E-state index in [0.29, 0.717) is 11.6 Å².